The Labute approximate surface area is 88.8 Å². The monoisotopic (exact) mass is 236 g/mol. The van der Waals surface area contributed by atoms with Gasteiger partial charge in [0.1, 0.15) is 0 Å². The summed E-state index contributed by atoms with van der Waals surface area (Å²) in [5, 5.41) is 10.4. The van der Waals surface area contributed by atoms with Crippen LogP contribution in [0.5, 0.6) is 0 Å². The predicted molar refractivity (Wildman–Crippen MR) is 51.0 cm³/mol. The third-order valence-corrected chi connectivity index (χ3v) is 2.17. The number of halogens is 3. The van der Waals surface area contributed by atoms with Gasteiger partial charge < -0.3 is 5.73 Å². The average Bonchev–Trinajstić information content (AvgIpc) is 2.16. The molecule has 1 aromatic rings. The molecule has 0 spiro atoms. The lowest BCUT2D eigenvalue weighted by Gasteiger charge is -2.11. The van der Waals surface area contributed by atoms with Gasteiger partial charge in [-0.05, 0) is 11.6 Å². The van der Waals surface area contributed by atoms with E-state index in [0.29, 0.717) is 0 Å². The molecule has 0 fully saturated rings. The molecule has 0 bridgehead atoms. The van der Waals surface area contributed by atoms with E-state index in [1.54, 1.807) is 0 Å². The van der Waals surface area contributed by atoms with Gasteiger partial charge in [0.25, 0.3) is 12.1 Å². The number of non-ortho nitro benzene ring substituents is 1. The number of nitrogens with two attached hydrogens (primary N) is 1. The van der Waals surface area contributed by atoms with Crippen molar-refractivity contribution in [1.29, 1.82) is 0 Å². The second-order valence-electron chi connectivity index (χ2n) is 2.82. The van der Waals surface area contributed by atoms with Crippen LogP contribution in [0.4, 0.5) is 14.5 Å². The summed E-state index contributed by atoms with van der Waals surface area (Å²) < 4.78 is 24.5. The summed E-state index contributed by atoms with van der Waals surface area (Å²) in [5.41, 5.74) is 4.71. The first-order chi connectivity index (χ1) is 6.93. The Balaban J connectivity index is 3.16. The molecule has 2 N–H and O–H groups in total. The fraction of sp³-hybridized carbons (Fsp3) is 0.250. The maximum absolute atomic E-state index is 12.3. The fourth-order valence-corrected chi connectivity index (χ4v) is 1.28. The predicted octanol–water partition coefficient (Wildman–Crippen LogP) is 2.51. The first-order valence-corrected chi connectivity index (χ1v) is 4.29. The van der Waals surface area contributed by atoms with Crippen molar-refractivity contribution in [2.75, 3.05) is 0 Å². The summed E-state index contributed by atoms with van der Waals surface area (Å²) in [6.07, 6.45) is -2.82. The summed E-state index contributed by atoms with van der Waals surface area (Å²) in [6.45, 7) is 0. The zero-order valence-corrected chi connectivity index (χ0v) is 8.12. The van der Waals surface area contributed by atoms with Gasteiger partial charge in [0, 0.05) is 17.2 Å². The highest BCUT2D eigenvalue weighted by atomic mass is 35.5. The van der Waals surface area contributed by atoms with Crippen LogP contribution in [-0.2, 0) is 0 Å². The van der Waals surface area contributed by atoms with Crippen LogP contribution in [0, 0.1) is 10.1 Å². The molecule has 82 valence electrons. The molecule has 0 radical (unpaired) electrons. The minimum absolute atomic E-state index is 0.00611. The Kier molecular flexibility index (Phi) is 3.54. The third kappa shape index (κ3) is 2.60. The summed E-state index contributed by atoms with van der Waals surface area (Å²) in [6, 6.07) is 1.65. The molecule has 0 aliphatic heterocycles. The number of nitro groups is 1. The Hall–Kier alpha value is -1.27. The Morgan fingerprint density at radius 3 is 2.53 bits per heavy atom. The number of hydrogen-bond donors (Lipinski definition) is 1. The van der Waals surface area contributed by atoms with Crippen LogP contribution in [-0.4, -0.2) is 11.3 Å². The van der Waals surface area contributed by atoms with E-state index in [9.17, 15) is 18.9 Å². The van der Waals surface area contributed by atoms with Gasteiger partial charge in [0.2, 0.25) is 0 Å². The number of rotatable bonds is 3. The second kappa shape index (κ2) is 4.50. The largest absolute Gasteiger partial charge is 0.319 e. The standard InChI is InChI=1S/C8H7ClF2N2O2/c9-6-2-1-4(13(14)15)3-5(6)7(12)8(10)11/h1-3,7-8H,12H2/t7-/m0/s1. The molecule has 0 unspecified atom stereocenters. The lowest BCUT2D eigenvalue weighted by atomic mass is 10.1. The molecule has 7 heteroatoms. The summed E-state index contributed by atoms with van der Waals surface area (Å²) >= 11 is 5.60. The van der Waals surface area contributed by atoms with E-state index in [1.165, 1.54) is 6.07 Å². The van der Waals surface area contributed by atoms with E-state index in [2.05, 4.69) is 0 Å². The fourth-order valence-electron chi connectivity index (χ4n) is 1.04. The molecular weight excluding hydrogens is 230 g/mol. The second-order valence-corrected chi connectivity index (χ2v) is 3.23. The SMILES string of the molecule is N[C@@H](c1cc([N+](=O)[O-])ccc1Cl)C(F)F. The molecule has 0 aliphatic rings. The van der Waals surface area contributed by atoms with Crippen LogP contribution in [0.2, 0.25) is 5.02 Å². The minimum atomic E-state index is -2.82. The molecule has 0 heterocycles. The van der Waals surface area contributed by atoms with E-state index in [4.69, 9.17) is 17.3 Å². The topological polar surface area (TPSA) is 69.2 Å². The Bertz CT molecular complexity index is 387. The van der Waals surface area contributed by atoms with Gasteiger partial charge >= 0.3 is 0 Å². The number of hydrogen-bond acceptors (Lipinski definition) is 3. The molecule has 1 rings (SSSR count). The maximum Gasteiger partial charge on any atom is 0.269 e. The highest BCUT2D eigenvalue weighted by molar-refractivity contribution is 6.31. The average molecular weight is 237 g/mol. The number of benzene rings is 1. The van der Waals surface area contributed by atoms with Crippen molar-refractivity contribution in [2.45, 2.75) is 12.5 Å². The molecule has 0 aromatic heterocycles. The first kappa shape index (κ1) is 11.8. The molecule has 1 aromatic carbocycles. The molecule has 4 nitrogen and oxygen atoms in total. The van der Waals surface area contributed by atoms with Crippen LogP contribution in [0.25, 0.3) is 0 Å². The molecule has 0 amide bonds. The van der Waals surface area contributed by atoms with Crippen molar-refractivity contribution in [1.82, 2.24) is 0 Å². The van der Waals surface area contributed by atoms with Crippen LogP contribution in [0.15, 0.2) is 18.2 Å². The van der Waals surface area contributed by atoms with Crippen LogP contribution < -0.4 is 5.73 Å². The summed E-state index contributed by atoms with van der Waals surface area (Å²) in [5.74, 6) is 0. The van der Waals surface area contributed by atoms with Gasteiger partial charge in [0.15, 0.2) is 0 Å². The quantitative estimate of drug-likeness (QED) is 0.648. The molecule has 0 saturated carbocycles. The lowest BCUT2D eigenvalue weighted by molar-refractivity contribution is -0.384. The molecule has 15 heavy (non-hydrogen) atoms. The molecule has 0 saturated heterocycles. The summed E-state index contributed by atoms with van der Waals surface area (Å²) in [4.78, 5) is 9.69. The van der Waals surface area contributed by atoms with Crippen LogP contribution >= 0.6 is 11.6 Å². The van der Waals surface area contributed by atoms with Crippen molar-refractivity contribution in [3.05, 3.63) is 38.9 Å². The van der Waals surface area contributed by atoms with Gasteiger partial charge in [-0.1, -0.05) is 11.6 Å². The Morgan fingerprint density at radius 1 is 1.47 bits per heavy atom. The maximum atomic E-state index is 12.3. The zero-order valence-electron chi connectivity index (χ0n) is 7.36. The van der Waals surface area contributed by atoms with E-state index in [0.717, 1.165) is 12.1 Å². The van der Waals surface area contributed by atoms with Crippen molar-refractivity contribution in [2.24, 2.45) is 5.73 Å². The van der Waals surface area contributed by atoms with Crippen LogP contribution in [0.3, 0.4) is 0 Å². The zero-order chi connectivity index (χ0) is 11.6. The molecular formula is C8H7ClF2N2O2. The number of alkyl halides is 2. The summed E-state index contributed by atoms with van der Waals surface area (Å²) in [7, 11) is 0. The highest BCUT2D eigenvalue weighted by Gasteiger charge is 2.22. The number of nitro benzene ring substituents is 1. The van der Waals surface area contributed by atoms with Crippen molar-refractivity contribution < 1.29 is 13.7 Å². The van der Waals surface area contributed by atoms with Gasteiger partial charge in [-0.15, -0.1) is 0 Å². The van der Waals surface area contributed by atoms with Gasteiger partial charge in [-0.2, -0.15) is 0 Å². The Morgan fingerprint density at radius 2 is 2.07 bits per heavy atom. The van der Waals surface area contributed by atoms with Crippen molar-refractivity contribution in [3.63, 3.8) is 0 Å². The normalized spacial score (nSPS) is 12.9. The first-order valence-electron chi connectivity index (χ1n) is 3.91. The van der Waals surface area contributed by atoms with E-state index in [-0.39, 0.29) is 16.3 Å². The highest BCUT2D eigenvalue weighted by Crippen LogP contribution is 2.29. The van der Waals surface area contributed by atoms with Gasteiger partial charge in [-0.25, -0.2) is 8.78 Å². The van der Waals surface area contributed by atoms with Crippen molar-refractivity contribution >= 4 is 17.3 Å². The van der Waals surface area contributed by atoms with Gasteiger partial charge in [-0.3, -0.25) is 10.1 Å². The van der Waals surface area contributed by atoms with Gasteiger partial charge in [0.05, 0.1) is 11.0 Å². The number of nitrogens with zero attached hydrogens (tertiary/aromatic N) is 1. The smallest absolute Gasteiger partial charge is 0.269 e. The molecule has 1 atom stereocenters. The third-order valence-electron chi connectivity index (χ3n) is 1.82. The van der Waals surface area contributed by atoms with Crippen LogP contribution in [0.1, 0.15) is 11.6 Å². The molecule has 0 aliphatic carbocycles. The van der Waals surface area contributed by atoms with E-state index < -0.39 is 17.4 Å². The van der Waals surface area contributed by atoms with E-state index in [1.807, 2.05) is 0 Å². The lowest BCUT2D eigenvalue weighted by Crippen LogP contribution is -2.19. The van der Waals surface area contributed by atoms with Crippen molar-refractivity contribution in [3.8, 4) is 0 Å². The minimum Gasteiger partial charge on any atom is -0.319 e. The van der Waals surface area contributed by atoms with E-state index >= 15 is 0 Å².